The van der Waals surface area contributed by atoms with Gasteiger partial charge in [0, 0.05) is 24.5 Å². The number of fused-ring (bicyclic) bond motifs is 3. The van der Waals surface area contributed by atoms with Crippen molar-refractivity contribution < 1.29 is 19.3 Å². The van der Waals surface area contributed by atoms with Crippen LogP contribution in [0.5, 0.6) is 23.0 Å². The lowest BCUT2D eigenvalue weighted by atomic mass is 10.0. The van der Waals surface area contributed by atoms with Crippen molar-refractivity contribution in [2.24, 2.45) is 0 Å². The molecule has 0 spiro atoms. The van der Waals surface area contributed by atoms with E-state index in [-0.39, 0.29) is 24.2 Å². The van der Waals surface area contributed by atoms with Gasteiger partial charge in [0.05, 0.1) is 32.1 Å². The lowest BCUT2D eigenvalue weighted by molar-refractivity contribution is 0.287. The monoisotopic (exact) mass is 430 g/mol. The van der Waals surface area contributed by atoms with Gasteiger partial charge in [0.2, 0.25) is 0 Å². The zero-order chi connectivity index (χ0) is 20.4. The quantitative estimate of drug-likeness (QED) is 0.598. The molecule has 0 bridgehead atoms. The Kier molecular flexibility index (Phi) is 6.80. The second-order valence-corrected chi connectivity index (χ2v) is 6.84. The summed E-state index contributed by atoms with van der Waals surface area (Å²) in [7, 11) is 1.55. The Hall–Kier alpha value is -2.83. The molecular weight excluding hydrogens is 404 g/mol. The van der Waals surface area contributed by atoms with Crippen molar-refractivity contribution in [3.05, 3.63) is 65.5 Å². The molecule has 0 aliphatic carbocycles. The van der Waals surface area contributed by atoms with E-state index in [1.54, 1.807) is 19.2 Å². The Morgan fingerprint density at radius 2 is 1.77 bits per heavy atom. The average molecular weight is 431 g/mol. The zero-order valence-electron chi connectivity index (χ0n) is 17.3. The molecule has 3 aromatic rings. The summed E-state index contributed by atoms with van der Waals surface area (Å²) < 4.78 is 19.0. The summed E-state index contributed by atoms with van der Waals surface area (Å²) in [4.78, 5) is 0. The van der Waals surface area contributed by atoms with Gasteiger partial charge in [-0.3, -0.25) is 0 Å². The number of halogens is 1. The average Bonchev–Trinajstić information content (AvgIpc) is 3.14. The van der Waals surface area contributed by atoms with Gasteiger partial charge in [0.15, 0.2) is 23.0 Å². The number of benzene rings is 2. The molecule has 2 aromatic carbocycles. The molecule has 1 aliphatic rings. The van der Waals surface area contributed by atoms with Crippen LogP contribution in [0.15, 0.2) is 48.7 Å². The third-order valence-electron chi connectivity index (χ3n) is 5.11. The number of hydrogen-bond acceptors (Lipinski definition) is 5. The standard InChI is InChI=1S/C23H26N2O4.ClH/c1-4-28-21-12-16-14-24-23(15-8-9-20(27-3)19(26)11-15)17-7-6-10-25(17)18(16)13-22(21)29-5-2;/h6-13,23-24,26H,4-5,14H2,1-3H3;1H. The number of phenolic OH excluding ortho intramolecular Hbond substituents is 1. The molecule has 30 heavy (non-hydrogen) atoms. The van der Waals surface area contributed by atoms with E-state index in [1.165, 1.54) is 0 Å². The molecule has 160 valence electrons. The number of hydrogen-bond donors (Lipinski definition) is 2. The maximum atomic E-state index is 10.3. The molecule has 0 amide bonds. The third-order valence-corrected chi connectivity index (χ3v) is 5.11. The Bertz CT molecular complexity index is 1020. The van der Waals surface area contributed by atoms with E-state index >= 15 is 0 Å². The normalized spacial score (nSPS) is 14.7. The maximum Gasteiger partial charge on any atom is 0.163 e. The number of aromatic hydroxyl groups is 1. The van der Waals surface area contributed by atoms with Crippen LogP contribution in [0, 0.1) is 0 Å². The lowest BCUT2D eigenvalue weighted by Gasteiger charge is -2.19. The van der Waals surface area contributed by atoms with Crippen molar-refractivity contribution in [1.29, 1.82) is 0 Å². The number of methoxy groups -OCH3 is 1. The molecule has 1 unspecified atom stereocenters. The molecule has 0 saturated heterocycles. The van der Waals surface area contributed by atoms with Gasteiger partial charge in [-0.15, -0.1) is 12.4 Å². The lowest BCUT2D eigenvalue weighted by Crippen LogP contribution is -2.21. The van der Waals surface area contributed by atoms with Crippen molar-refractivity contribution in [1.82, 2.24) is 9.88 Å². The van der Waals surface area contributed by atoms with Crippen LogP contribution in [0.4, 0.5) is 0 Å². The predicted octanol–water partition coefficient (Wildman–Crippen LogP) is 4.60. The van der Waals surface area contributed by atoms with Crippen LogP contribution in [0.25, 0.3) is 5.69 Å². The fourth-order valence-corrected chi connectivity index (χ4v) is 3.83. The summed E-state index contributed by atoms with van der Waals surface area (Å²) in [5, 5.41) is 13.9. The van der Waals surface area contributed by atoms with Gasteiger partial charge < -0.3 is 29.2 Å². The Balaban J connectivity index is 0.00000256. The van der Waals surface area contributed by atoms with Crippen LogP contribution in [0.1, 0.15) is 36.7 Å². The first-order valence-corrected chi connectivity index (χ1v) is 9.86. The molecular formula is C23H27ClN2O4. The third kappa shape index (κ3) is 3.93. The highest BCUT2D eigenvalue weighted by Crippen LogP contribution is 2.38. The van der Waals surface area contributed by atoms with Crippen LogP contribution in [0.3, 0.4) is 0 Å². The van der Waals surface area contributed by atoms with Gasteiger partial charge in [-0.1, -0.05) is 6.07 Å². The Labute approximate surface area is 182 Å². The highest BCUT2D eigenvalue weighted by Gasteiger charge is 2.25. The number of nitrogens with one attached hydrogen (secondary N) is 1. The van der Waals surface area contributed by atoms with Gasteiger partial charge in [0.25, 0.3) is 0 Å². The minimum atomic E-state index is -0.0831. The predicted molar refractivity (Wildman–Crippen MR) is 119 cm³/mol. The van der Waals surface area contributed by atoms with Crippen molar-refractivity contribution in [3.8, 4) is 28.7 Å². The topological polar surface area (TPSA) is 64.9 Å². The molecule has 4 rings (SSSR count). The van der Waals surface area contributed by atoms with E-state index in [2.05, 4.69) is 22.0 Å². The van der Waals surface area contributed by atoms with E-state index in [0.29, 0.717) is 25.5 Å². The van der Waals surface area contributed by atoms with Gasteiger partial charge in [0.1, 0.15) is 0 Å². The molecule has 2 N–H and O–H groups in total. The molecule has 0 fully saturated rings. The second-order valence-electron chi connectivity index (χ2n) is 6.84. The van der Waals surface area contributed by atoms with Crippen LogP contribution in [0.2, 0.25) is 0 Å². The van der Waals surface area contributed by atoms with E-state index in [4.69, 9.17) is 14.2 Å². The van der Waals surface area contributed by atoms with Crippen molar-refractivity contribution in [2.45, 2.75) is 26.4 Å². The first kappa shape index (κ1) is 21.9. The summed E-state index contributed by atoms with van der Waals surface area (Å²) in [6.07, 6.45) is 2.05. The summed E-state index contributed by atoms with van der Waals surface area (Å²) in [6.45, 7) is 5.74. The molecule has 1 aliphatic heterocycles. The molecule has 6 nitrogen and oxygen atoms in total. The summed E-state index contributed by atoms with van der Waals surface area (Å²) in [5.74, 6) is 2.09. The molecule has 1 aromatic heterocycles. The van der Waals surface area contributed by atoms with Crippen molar-refractivity contribution >= 4 is 12.4 Å². The summed E-state index contributed by atoms with van der Waals surface area (Å²) in [6, 6.07) is 13.6. The molecule has 0 radical (unpaired) electrons. The van der Waals surface area contributed by atoms with Crippen LogP contribution < -0.4 is 19.5 Å². The van der Waals surface area contributed by atoms with E-state index in [9.17, 15) is 5.11 Å². The number of phenols is 1. The SMILES string of the molecule is CCOc1cc2c(cc1OCC)-n1cccc1C(c1ccc(OC)c(O)c1)NC2.Cl. The van der Waals surface area contributed by atoms with Gasteiger partial charge in [-0.2, -0.15) is 0 Å². The highest BCUT2D eigenvalue weighted by atomic mass is 35.5. The van der Waals surface area contributed by atoms with Gasteiger partial charge in [-0.25, -0.2) is 0 Å². The summed E-state index contributed by atoms with van der Waals surface area (Å²) >= 11 is 0. The Morgan fingerprint density at radius 3 is 2.43 bits per heavy atom. The molecule has 7 heteroatoms. The first-order valence-electron chi connectivity index (χ1n) is 9.86. The summed E-state index contributed by atoms with van der Waals surface area (Å²) in [5.41, 5.74) is 4.23. The van der Waals surface area contributed by atoms with Crippen LogP contribution in [-0.2, 0) is 6.54 Å². The van der Waals surface area contributed by atoms with E-state index in [1.807, 2.05) is 38.2 Å². The van der Waals surface area contributed by atoms with Gasteiger partial charge in [-0.05, 0) is 55.3 Å². The highest BCUT2D eigenvalue weighted by molar-refractivity contribution is 5.85. The number of rotatable bonds is 6. The molecule has 1 atom stereocenters. The van der Waals surface area contributed by atoms with Crippen molar-refractivity contribution in [3.63, 3.8) is 0 Å². The number of ether oxygens (including phenoxy) is 3. The van der Waals surface area contributed by atoms with Crippen LogP contribution >= 0.6 is 12.4 Å². The fourth-order valence-electron chi connectivity index (χ4n) is 3.83. The number of nitrogens with zero attached hydrogens (tertiary/aromatic N) is 1. The van der Waals surface area contributed by atoms with Gasteiger partial charge >= 0.3 is 0 Å². The zero-order valence-corrected chi connectivity index (χ0v) is 18.2. The van der Waals surface area contributed by atoms with Crippen LogP contribution in [-0.4, -0.2) is 30.0 Å². The van der Waals surface area contributed by atoms with E-state index in [0.717, 1.165) is 34.0 Å². The molecule has 0 saturated carbocycles. The van der Waals surface area contributed by atoms with E-state index < -0.39 is 0 Å². The second kappa shape index (κ2) is 9.32. The maximum absolute atomic E-state index is 10.3. The number of aromatic nitrogens is 1. The largest absolute Gasteiger partial charge is 0.504 e. The Morgan fingerprint density at radius 1 is 1.03 bits per heavy atom. The minimum Gasteiger partial charge on any atom is -0.504 e. The molecule has 2 heterocycles. The van der Waals surface area contributed by atoms with Crippen molar-refractivity contribution in [2.75, 3.05) is 20.3 Å². The first-order chi connectivity index (χ1) is 14.2. The smallest absolute Gasteiger partial charge is 0.163 e. The minimum absolute atomic E-state index is 0. The fraction of sp³-hybridized carbons (Fsp3) is 0.304.